The van der Waals surface area contributed by atoms with Crippen molar-refractivity contribution in [1.82, 2.24) is 4.98 Å². The molecule has 0 N–H and O–H groups in total. The van der Waals surface area contributed by atoms with Gasteiger partial charge in [0.15, 0.2) is 0 Å². The molecular weight excluding hydrogens is 293 g/mol. The van der Waals surface area contributed by atoms with Gasteiger partial charge in [-0.1, -0.05) is 0 Å². The molecule has 3 nitrogen and oxygen atoms in total. The maximum Gasteiger partial charge on any atom is 0.416 e. The van der Waals surface area contributed by atoms with E-state index in [9.17, 15) is 13.2 Å². The Morgan fingerprint density at radius 2 is 1.91 bits per heavy atom. The second kappa shape index (κ2) is 5.12. The third kappa shape index (κ3) is 2.45. The highest BCUT2D eigenvalue weighted by Gasteiger charge is 2.32. The van der Waals surface area contributed by atoms with E-state index in [1.54, 1.807) is 12.3 Å². The molecule has 3 rings (SSSR count). The molecule has 114 valence electrons. The van der Waals surface area contributed by atoms with E-state index in [1.165, 1.54) is 13.3 Å². The highest BCUT2D eigenvalue weighted by molar-refractivity contribution is 5.95. The monoisotopic (exact) mass is 306 g/mol. The number of rotatable bonds is 2. The number of alkyl halides is 3. The molecule has 1 aliphatic rings. The standard InChI is InChI=1S/C16H13F3N2O/c1-9-3-15(22-2)21-8-13(9)12-5-11(16(17,18)19)4-10-6-20-7-14(10)12/h3-5,7-8H,6H2,1-2H3. The van der Waals surface area contributed by atoms with Crippen LogP contribution in [0.15, 0.2) is 29.4 Å². The molecule has 0 unspecified atom stereocenters. The Balaban J connectivity index is 2.22. The molecule has 0 aliphatic carbocycles. The van der Waals surface area contributed by atoms with E-state index < -0.39 is 11.7 Å². The fraction of sp³-hybridized carbons (Fsp3) is 0.250. The summed E-state index contributed by atoms with van der Waals surface area (Å²) in [5, 5.41) is 0. The van der Waals surface area contributed by atoms with Crippen LogP contribution in [0.4, 0.5) is 13.2 Å². The molecule has 0 bridgehead atoms. The number of methoxy groups -OCH3 is 1. The first kappa shape index (κ1) is 14.6. The molecule has 0 amide bonds. The molecule has 2 aromatic rings. The second-order valence-electron chi connectivity index (χ2n) is 5.11. The summed E-state index contributed by atoms with van der Waals surface area (Å²) in [5.41, 5.74) is 2.59. The minimum Gasteiger partial charge on any atom is -0.481 e. The number of ether oxygens (including phenoxy) is 1. The van der Waals surface area contributed by atoms with E-state index >= 15 is 0 Å². The van der Waals surface area contributed by atoms with Crippen molar-refractivity contribution >= 4 is 6.21 Å². The zero-order chi connectivity index (χ0) is 15.9. The van der Waals surface area contributed by atoms with Gasteiger partial charge >= 0.3 is 6.18 Å². The highest BCUT2D eigenvalue weighted by Crippen LogP contribution is 2.38. The van der Waals surface area contributed by atoms with Crippen LogP contribution in [-0.4, -0.2) is 18.3 Å². The lowest BCUT2D eigenvalue weighted by Gasteiger charge is -2.15. The first-order chi connectivity index (χ1) is 10.4. The maximum atomic E-state index is 13.1. The van der Waals surface area contributed by atoms with E-state index in [-0.39, 0.29) is 6.54 Å². The van der Waals surface area contributed by atoms with E-state index in [1.807, 2.05) is 6.92 Å². The molecule has 0 radical (unpaired) electrons. The van der Waals surface area contributed by atoms with Crippen molar-refractivity contribution < 1.29 is 17.9 Å². The summed E-state index contributed by atoms with van der Waals surface area (Å²) >= 11 is 0. The number of pyridine rings is 1. The van der Waals surface area contributed by atoms with E-state index in [4.69, 9.17) is 4.74 Å². The van der Waals surface area contributed by atoms with Crippen molar-refractivity contribution in [2.24, 2.45) is 4.99 Å². The average Bonchev–Trinajstić information content (AvgIpc) is 2.93. The van der Waals surface area contributed by atoms with Gasteiger partial charge in [-0.3, -0.25) is 4.99 Å². The van der Waals surface area contributed by atoms with Crippen molar-refractivity contribution in [2.45, 2.75) is 19.6 Å². The summed E-state index contributed by atoms with van der Waals surface area (Å²) in [7, 11) is 1.50. The fourth-order valence-electron chi connectivity index (χ4n) is 2.54. The maximum absolute atomic E-state index is 13.1. The molecule has 22 heavy (non-hydrogen) atoms. The Bertz CT molecular complexity index is 767. The molecule has 0 spiro atoms. The lowest BCUT2D eigenvalue weighted by molar-refractivity contribution is -0.137. The molecule has 0 saturated heterocycles. The fourth-order valence-corrected chi connectivity index (χ4v) is 2.54. The van der Waals surface area contributed by atoms with Crippen LogP contribution in [0.5, 0.6) is 5.88 Å². The Morgan fingerprint density at radius 1 is 1.14 bits per heavy atom. The van der Waals surface area contributed by atoms with Crippen LogP contribution < -0.4 is 4.74 Å². The van der Waals surface area contributed by atoms with Crippen LogP contribution in [0.2, 0.25) is 0 Å². The van der Waals surface area contributed by atoms with Crippen LogP contribution in [0.25, 0.3) is 11.1 Å². The Labute approximate surface area is 125 Å². The Morgan fingerprint density at radius 3 is 2.55 bits per heavy atom. The zero-order valence-electron chi connectivity index (χ0n) is 12.0. The van der Waals surface area contributed by atoms with Gasteiger partial charge in [0.25, 0.3) is 0 Å². The predicted octanol–water partition coefficient (Wildman–Crippen LogP) is 4.02. The molecule has 1 aromatic carbocycles. The molecule has 0 atom stereocenters. The van der Waals surface area contributed by atoms with Gasteiger partial charge in [-0.05, 0) is 35.7 Å². The minimum absolute atomic E-state index is 0.273. The summed E-state index contributed by atoms with van der Waals surface area (Å²) in [5.74, 6) is 0.429. The van der Waals surface area contributed by atoms with Crippen molar-refractivity contribution in [3.05, 3.63) is 46.6 Å². The topological polar surface area (TPSA) is 34.5 Å². The van der Waals surface area contributed by atoms with Gasteiger partial charge in [-0.25, -0.2) is 4.98 Å². The van der Waals surface area contributed by atoms with E-state index in [0.29, 0.717) is 22.6 Å². The highest BCUT2D eigenvalue weighted by atomic mass is 19.4. The van der Waals surface area contributed by atoms with E-state index in [2.05, 4.69) is 9.98 Å². The van der Waals surface area contributed by atoms with Gasteiger partial charge in [-0.2, -0.15) is 13.2 Å². The number of aryl methyl sites for hydroxylation is 1. The lowest BCUT2D eigenvalue weighted by atomic mass is 9.93. The molecule has 6 heteroatoms. The van der Waals surface area contributed by atoms with Gasteiger partial charge in [0, 0.05) is 29.6 Å². The number of benzene rings is 1. The summed E-state index contributed by atoms with van der Waals surface area (Å²) in [6.07, 6.45) is -1.23. The van der Waals surface area contributed by atoms with Crippen LogP contribution >= 0.6 is 0 Å². The number of hydrogen-bond acceptors (Lipinski definition) is 3. The molecular formula is C16H13F3N2O. The predicted molar refractivity (Wildman–Crippen MR) is 77.3 cm³/mol. The lowest BCUT2D eigenvalue weighted by Crippen LogP contribution is -2.07. The van der Waals surface area contributed by atoms with Crippen molar-refractivity contribution in [3.63, 3.8) is 0 Å². The zero-order valence-corrected chi connectivity index (χ0v) is 12.0. The van der Waals surface area contributed by atoms with E-state index in [0.717, 1.165) is 23.3 Å². The first-order valence-corrected chi connectivity index (χ1v) is 6.65. The third-order valence-electron chi connectivity index (χ3n) is 3.66. The average molecular weight is 306 g/mol. The molecule has 1 aromatic heterocycles. The van der Waals surface area contributed by atoms with Gasteiger partial charge < -0.3 is 4.74 Å². The number of halogens is 3. The smallest absolute Gasteiger partial charge is 0.416 e. The minimum atomic E-state index is -4.39. The largest absolute Gasteiger partial charge is 0.481 e. The Kier molecular flexibility index (Phi) is 3.39. The van der Waals surface area contributed by atoms with Crippen LogP contribution in [0.3, 0.4) is 0 Å². The number of nitrogens with zero attached hydrogens (tertiary/aromatic N) is 2. The summed E-state index contributed by atoms with van der Waals surface area (Å²) in [4.78, 5) is 8.19. The first-order valence-electron chi connectivity index (χ1n) is 6.65. The van der Waals surface area contributed by atoms with Crippen LogP contribution in [0.1, 0.15) is 22.3 Å². The number of fused-ring (bicyclic) bond motifs is 1. The number of aromatic nitrogens is 1. The summed E-state index contributed by atoms with van der Waals surface area (Å²) in [6.45, 7) is 2.09. The second-order valence-corrected chi connectivity index (χ2v) is 5.11. The normalized spacial score (nSPS) is 13.3. The molecule has 0 fully saturated rings. The van der Waals surface area contributed by atoms with Crippen molar-refractivity contribution in [2.75, 3.05) is 7.11 Å². The summed E-state index contributed by atoms with van der Waals surface area (Å²) < 4.78 is 44.3. The molecule has 2 heterocycles. The van der Waals surface area contributed by atoms with Crippen molar-refractivity contribution in [3.8, 4) is 17.0 Å². The van der Waals surface area contributed by atoms with Gasteiger partial charge in [-0.15, -0.1) is 0 Å². The van der Waals surface area contributed by atoms with Crippen molar-refractivity contribution in [1.29, 1.82) is 0 Å². The van der Waals surface area contributed by atoms with Crippen LogP contribution in [0, 0.1) is 6.92 Å². The SMILES string of the molecule is COc1cc(C)c(-c2cc(C(F)(F)F)cc3c2C=NC3)cn1. The molecule has 0 saturated carbocycles. The van der Waals surface area contributed by atoms with Gasteiger partial charge in [0.2, 0.25) is 5.88 Å². The van der Waals surface area contributed by atoms with Crippen LogP contribution in [-0.2, 0) is 12.7 Å². The van der Waals surface area contributed by atoms with Gasteiger partial charge in [0.1, 0.15) is 0 Å². The summed E-state index contributed by atoms with van der Waals surface area (Å²) in [6, 6.07) is 4.03. The van der Waals surface area contributed by atoms with Gasteiger partial charge in [0.05, 0.1) is 19.2 Å². The molecule has 1 aliphatic heterocycles. The Hall–Kier alpha value is -2.37. The third-order valence-corrected chi connectivity index (χ3v) is 3.66. The number of aliphatic imine (C=N–C) groups is 1. The quantitative estimate of drug-likeness (QED) is 0.840. The number of hydrogen-bond donors (Lipinski definition) is 0.